The van der Waals surface area contributed by atoms with E-state index < -0.39 is 0 Å². The van der Waals surface area contributed by atoms with Crippen LogP contribution in [0.15, 0.2) is 18.7 Å². The molecule has 1 heterocycles. The molecule has 0 fully saturated rings. The van der Waals surface area contributed by atoms with E-state index in [4.69, 9.17) is 5.73 Å². The second-order valence-electron chi connectivity index (χ2n) is 2.88. The van der Waals surface area contributed by atoms with Gasteiger partial charge in [-0.1, -0.05) is 13.3 Å². The summed E-state index contributed by atoms with van der Waals surface area (Å²) in [6.07, 6.45) is 8.30. The minimum atomic E-state index is 0. The highest BCUT2D eigenvalue weighted by molar-refractivity contribution is 4.71. The average Bonchev–Trinajstić information content (AvgIpc) is 2.36. The third kappa shape index (κ3) is 2.95. The van der Waals surface area contributed by atoms with Crippen molar-refractivity contribution in [2.75, 3.05) is 0 Å². The summed E-state index contributed by atoms with van der Waals surface area (Å²) in [5.41, 5.74) is 5.87. The van der Waals surface area contributed by atoms with Gasteiger partial charge in [-0.15, -0.1) is 0 Å². The van der Waals surface area contributed by atoms with Gasteiger partial charge in [-0.25, -0.2) is 9.13 Å². The molecule has 2 N–H and O–H groups in total. The van der Waals surface area contributed by atoms with Crippen molar-refractivity contribution in [3.63, 3.8) is 0 Å². The predicted molar refractivity (Wildman–Crippen MR) is 43.7 cm³/mol. The number of nitrogens with two attached hydrogens (primary N) is 1. The minimum Gasteiger partial charge on any atom is -1.00 e. The second kappa shape index (κ2) is 5.32. The van der Waals surface area contributed by atoms with E-state index in [1.54, 1.807) is 0 Å². The van der Waals surface area contributed by atoms with Crippen LogP contribution in [0.3, 0.4) is 0 Å². The first-order valence-corrected chi connectivity index (χ1v) is 4.02. The first kappa shape index (κ1) is 11.6. The van der Waals surface area contributed by atoms with Crippen LogP contribution < -0.4 is 27.3 Å². The fourth-order valence-corrected chi connectivity index (χ4v) is 1.11. The summed E-state index contributed by atoms with van der Waals surface area (Å²) in [7, 11) is 2.00. The van der Waals surface area contributed by atoms with Crippen LogP contribution in [0, 0.1) is 0 Å². The molecule has 0 aliphatic heterocycles. The number of hydrogen-bond donors (Lipinski definition) is 1. The molecule has 1 atom stereocenters. The third-order valence-corrected chi connectivity index (χ3v) is 1.76. The molecule has 0 bridgehead atoms. The highest BCUT2D eigenvalue weighted by Crippen LogP contribution is 2.04. The van der Waals surface area contributed by atoms with E-state index in [1.165, 1.54) is 0 Å². The molecule has 0 aliphatic carbocycles. The van der Waals surface area contributed by atoms with Gasteiger partial charge >= 0.3 is 0 Å². The van der Waals surface area contributed by atoms with Gasteiger partial charge in [0.1, 0.15) is 12.4 Å². The molecule has 0 aliphatic rings. The normalized spacial score (nSPS) is 12.2. The Kier molecular flexibility index (Phi) is 5.17. The molecule has 0 spiro atoms. The highest BCUT2D eigenvalue weighted by atomic mass is 79.9. The molecular weight excluding hydrogens is 218 g/mol. The van der Waals surface area contributed by atoms with E-state index in [-0.39, 0.29) is 23.1 Å². The molecule has 3 nitrogen and oxygen atoms in total. The maximum absolute atomic E-state index is 5.87. The predicted octanol–water partition coefficient (Wildman–Crippen LogP) is -2.43. The van der Waals surface area contributed by atoms with Crippen LogP contribution in [0.5, 0.6) is 0 Å². The maximum Gasteiger partial charge on any atom is 0.244 e. The van der Waals surface area contributed by atoms with Crippen LogP contribution in [-0.2, 0) is 7.05 Å². The van der Waals surface area contributed by atoms with E-state index in [2.05, 4.69) is 6.92 Å². The van der Waals surface area contributed by atoms with Gasteiger partial charge in [0, 0.05) is 6.42 Å². The standard InChI is InChI=1S/C8H16N3.BrH/c1-3-4-8(9)11-6-5-10(2)7-11;/h5-8H,3-4,9H2,1-2H3;1H/q+1;/p-1. The summed E-state index contributed by atoms with van der Waals surface area (Å²) in [5, 5.41) is 0. The molecule has 0 aromatic carbocycles. The van der Waals surface area contributed by atoms with Crippen LogP contribution in [0.2, 0.25) is 0 Å². The van der Waals surface area contributed by atoms with E-state index >= 15 is 0 Å². The van der Waals surface area contributed by atoms with E-state index in [0.29, 0.717) is 0 Å². The number of rotatable bonds is 3. The first-order valence-electron chi connectivity index (χ1n) is 4.02. The second-order valence-corrected chi connectivity index (χ2v) is 2.88. The summed E-state index contributed by atoms with van der Waals surface area (Å²) in [6.45, 7) is 2.14. The molecule has 70 valence electrons. The number of imidazole rings is 1. The van der Waals surface area contributed by atoms with E-state index in [1.807, 2.05) is 34.9 Å². The molecular formula is C8H16BrN3. The zero-order valence-corrected chi connectivity index (χ0v) is 9.16. The van der Waals surface area contributed by atoms with Crippen LogP contribution >= 0.6 is 0 Å². The Labute approximate surface area is 84.0 Å². The summed E-state index contributed by atoms with van der Waals surface area (Å²) in [6, 6.07) is 0. The van der Waals surface area contributed by atoms with Gasteiger partial charge in [0.05, 0.1) is 7.05 Å². The largest absolute Gasteiger partial charge is 1.00 e. The van der Waals surface area contributed by atoms with Crippen molar-refractivity contribution in [2.24, 2.45) is 12.8 Å². The van der Waals surface area contributed by atoms with Crippen molar-refractivity contribution in [3.8, 4) is 0 Å². The van der Waals surface area contributed by atoms with Crippen molar-refractivity contribution in [2.45, 2.75) is 25.9 Å². The Balaban J connectivity index is 0.00000121. The SMILES string of the molecule is CCCC(N)n1cc[n+](C)c1.[Br-]. The molecule has 0 saturated heterocycles. The van der Waals surface area contributed by atoms with Crippen molar-refractivity contribution in [3.05, 3.63) is 18.7 Å². The first-order chi connectivity index (χ1) is 5.24. The Morgan fingerprint density at radius 2 is 2.25 bits per heavy atom. The summed E-state index contributed by atoms with van der Waals surface area (Å²) in [5.74, 6) is 0. The molecule has 1 aromatic rings. The van der Waals surface area contributed by atoms with Gasteiger partial charge in [0.15, 0.2) is 6.17 Å². The molecule has 1 rings (SSSR count). The fraction of sp³-hybridized carbons (Fsp3) is 0.625. The summed E-state index contributed by atoms with van der Waals surface area (Å²) < 4.78 is 4.03. The molecule has 1 aromatic heterocycles. The maximum atomic E-state index is 5.87. The molecule has 4 heteroatoms. The Hall–Kier alpha value is -0.350. The van der Waals surface area contributed by atoms with Crippen LogP contribution in [0.1, 0.15) is 25.9 Å². The van der Waals surface area contributed by atoms with Gasteiger partial charge in [-0.05, 0) is 0 Å². The van der Waals surface area contributed by atoms with Crippen LogP contribution in [0.25, 0.3) is 0 Å². The van der Waals surface area contributed by atoms with Gasteiger partial charge in [0.2, 0.25) is 6.33 Å². The van der Waals surface area contributed by atoms with Crippen molar-refractivity contribution in [1.29, 1.82) is 0 Å². The van der Waals surface area contributed by atoms with Gasteiger partial charge in [-0.3, -0.25) is 5.73 Å². The number of aryl methyl sites for hydroxylation is 1. The van der Waals surface area contributed by atoms with E-state index in [9.17, 15) is 0 Å². The number of aromatic nitrogens is 2. The average molecular weight is 234 g/mol. The minimum absolute atomic E-state index is 0. The highest BCUT2D eigenvalue weighted by Gasteiger charge is 2.08. The van der Waals surface area contributed by atoms with Crippen LogP contribution in [-0.4, -0.2) is 4.57 Å². The lowest BCUT2D eigenvalue weighted by atomic mass is 10.3. The Bertz CT molecular complexity index is 222. The van der Waals surface area contributed by atoms with Gasteiger partial charge < -0.3 is 17.0 Å². The number of nitrogens with zero attached hydrogens (tertiary/aromatic N) is 2. The fourth-order valence-electron chi connectivity index (χ4n) is 1.11. The van der Waals surface area contributed by atoms with Crippen molar-refractivity contribution in [1.82, 2.24) is 4.57 Å². The lowest BCUT2D eigenvalue weighted by molar-refractivity contribution is -0.671. The van der Waals surface area contributed by atoms with Crippen molar-refractivity contribution < 1.29 is 21.5 Å². The molecule has 0 radical (unpaired) electrons. The lowest BCUT2D eigenvalue weighted by Gasteiger charge is -2.04. The Morgan fingerprint density at radius 1 is 1.58 bits per heavy atom. The summed E-state index contributed by atoms with van der Waals surface area (Å²) >= 11 is 0. The number of hydrogen-bond acceptors (Lipinski definition) is 1. The van der Waals surface area contributed by atoms with Gasteiger partial charge in [-0.2, -0.15) is 0 Å². The van der Waals surface area contributed by atoms with Crippen LogP contribution in [0.4, 0.5) is 0 Å². The third-order valence-electron chi connectivity index (χ3n) is 1.76. The summed E-state index contributed by atoms with van der Waals surface area (Å²) in [4.78, 5) is 0. The Morgan fingerprint density at radius 3 is 2.67 bits per heavy atom. The topological polar surface area (TPSA) is 34.8 Å². The molecule has 12 heavy (non-hydrogen) atoms. The molecule has 0 saturated carbocycles. The zero-order chi connectivity index (χ0) is 8.27. The number of halogens is 1. The monoisotopic (exact) mass is 233 g/mol. The molecule has 0 amide bonds. The smallest absolute Gasteiger partial charge is 0.244 e. The quantitative estimate of drug-likeness (QED) is 0.580. The molecule has 1 unspecified atom stereocenters. The zero-order valence-electron chi connectivity index (χ0n) is 7.57. The van der Waals surface area contributed by atoms with Gasteiger partial charge in [0.25, 0.3) is 0 Å². The lowest BCUT2D eigenvalue weighted by Crippen LogP contribution is -3.00. The van der Waals surface area contributed by atoms with E-state index in [0.717, 1.165) is 12.8 Å². The van der Waals surface area contributed by atoms with Crippen molar-refractivity contribution >= 4 is 0 Å².